The number of aromatic nitrogens is 2. The lowest BCUT2D eigenvalue weighted by Gasteiger charge is -2.07. The average molecular weight is 279 g/mol. The monoisotopic (exact) mass is 279 g/mol. The summed E-state index contributed by atoms with van der Waals surface area (Å²) in [6.07, 6.45) is 0. The van der Waals surface area contributed by atoms with Crippen molar-refractivity contribution in [2.24, 2.45) is 5.92 Å². The molecule has 4 nitrogen and oxygen atoms in total. The van der Waals surface area contributed by atoms with Crippen molar-refractivity contribution in [3.63, 3.8) is 0 Å². The summed E-state index contributed by atoms with van der Waals surface area (Å²) in [7, 11) is 0. The molecule has 1 saturated heterocycles. The molecule has 1 aromatic heterocycles. The van der Waals surface area contributed by atoms with Crippen LogP contribution in [0.5, 0.6) is 0 Å². The van der Waals surface area contributed by atoms with Gasteiger partial charge in [-0.3, -0.25) is 0 Å². The summed E-state index contributed by atoms with van der Waals surface area (Å²) in [6.45, 7) is 4.14. The summed E-state index contributed by atoms with van der Waals surface area (Å²) in [6, 6.07) is 14.5. The number of hydrogen-bond acceptors (Lipinski definition) is 4. The molecule has 1 aliphatic rings. The summed E-state index contributed by atoms with van der Waals surface area (Å²) in [4.78, 5) is 4.65. The molecular weight excluding hydrogens is 262 g/mol. The SMILES string of the molecule is C[C@@H]1CNC[C@H]1c1nc(-c2cccc3ccccc23)no1. The quantitative estimate of drug-likeness (QED) is 0.782. The first-order chi connectivity index (χ1) is 10.3. The zero-order valence-corrected chi connectivity index (χ0v) is 11.9. The molecule has 2 aromatic carbocycles. The topological polar surface area (TPSA) is 51.0 Å². The molecule has 4 heteroatoms. The number of hydrogen-bond donors (Lipinski definition) is 1. The highest BCUT2D eigenvalue weighted by Gasteiger charge is 2.29. The fourth-order valence-electron chi connectivity index (χ4n) is 3.06. The van der Waals surface area contributed by atoms with E-state index in [1.165, 1.54) is 5.39 Å². The number of nitrogens with one attached hydrogen (secondary N) is 1. The van der Waals surface area contributed by atoms with Gasteiger partial charge in [-0.25, -0.2) is 0 Å². The zero-order chi connectivity index (χ0) is 14.2. The van der Waals surface area contributed by atoms with Crippen molar-refractivity contribution in [3.05, 3.63) is 48.4 Å². The maximum atomic E-state index is 5.52. The number of nitrogens with zero attached hydrogens (tertiary/aromatic N) is 2. The van der Waals surface area contributed by atoms with Crippen LogP contribution in [0.4, 0.5) is 0 Å². The van der Waals surface area contributed by atoms with E-state index in [0.717, 1.165) is 29.9 Å². The third kappa shape index (κ3) is 2.12. The third-order valence-electron chi connectivity index (χ3n) is 4.31. The summed E-state index contributed by atoms with van der Waals surface area (Å²) in [5, 5.41) is 9.92. The van der Waals surface area contributed by atoms with E-state index in [9.17, 15) is 0 Å². The molecule has 3 aromatic rings. The predicted molar refractivity (Wildman–Crippen MR) is 82.0 cm³/mol. The van der Waals surface area contributed by atoms with Crippen LogP contribution in [0.3, 0.4) is 0 Å². The molecule has 2 heterocycles. The van der Waals surface area contributed by atoms with E-state index < -0.39 is 0 Å². The minimum Gasteiger partial charge on any atom is -0.339 e. The molecule has 106 valence electrons. The lowest BCUT2D eigenvalue weighted by Crippen LogP contribution is -2.08. The van der Waals surface area contributed by atoms with Crippen molar-refractivity contribution in [2.45, 2.75) is 12.8 Å². The highest BCUT2D eigenvalue weighted by atomic mass is 16.5. The molecule has 0 radical (unpaired) electrons. The van der Waals surface area contributed by atoms with Gasteiger partial charge in [-0.15, -0.1) is 0 Å². The Balaban J connectivity index is 1.78. The summed E-state index contributed by atoms with van der Waals surface area (Å²) in [5.41, 5.74) is 1.03. The van der Waals surface area contributed by atoms with Crippen molar-refractivity contribution in [2.75, 3.05) is 13.1 Å². The molecule has 4 rings (SSSR count). The van der Waals surface area contributed by atoms with Gasteiger partial charge in [0.25, 0.3) is 0 Å². The zero-order valence-electron chi connectivity index (χ0n) is 11.9. The van der Waals surface area contributed by atoms with Gasteiger partial charge in [0.2, 0.25) is 11.7 Å². The second-order valence-electron chi connectivity index (χ2n) is 5.72. The van der Waals surface area contributed by atoms with E-state index in [-0.39, 0.29) is 0 Å². The van der Waals surface area contributed by atoms with Gasteiger partial charge < -0.3 is 9.84 Å². The van der Waals surface area contributed by atoms with Crippen LogP contribution in [0.15, 0.2) is 47.0 Å². The van der Waals surface area contributed by atoms with Crippen molar-refractivity contribution in [3.8, 4) is 11.4 Å². The van der Waals surface area contributed by atoms with Crippen molar-refractivity contribution in [1.29, 1.82) is 0 Å². The minimum absolute atomic E-state index is 0.321. The largest absolute Gasteiger partial charge is 0.339 e. The van der Waals surface area contributed by atoms with Gasteiger partial charge >= 0.3 is 0 Å². The smallest absolute Gasteiger partial charge is 0.231 e. The Labute approximate surface area is 123 Å². The first-order valence-corrected chi connectivity index (χ1v) is 7.35. The normalized spacial score (nSPS) is 22.0. The highest BCUT2D eigenvalue weighted by Crippen LogP contribution is 2.30. The van der Waals surface area contributed by atoms with Crippen molar-refractivity contribution in [1.82, 2.24) is 15.5 Å². The van der Waals surface area contributed by atoms with E-state index in [1.54, 1.807) is 0 Å². The molecule has 21 heavy (non-hydrogen) atoms. The number of fused-ring (bicyclic) bond motifs is 1. The fraction of sp³-hybridized carbons (Fsp3) is 0.294. The maximum absolute atomic E-state index is 5.52. The van der Waals surface area contributed by atoms with E-state index in [0.29, 0.717) is 17.7 Å². The van der Waals surface area contributed by atoms with Crippen LogP contribution < -0.4 is 5.32 Å². The van der Waals surface area contributed by atoms with Crippen molar-refractivity contribution >= 4 is 10.8 Å². The van der Waals surface area contributed by atoms with Gasteiger partial charge in [-0.05, 0) is 23.2 Å². The van der Waals surface area contributed by atoms with Gasteiger partial charge in [-0.1, -0.05) is 54.5 Å². The molecule has 0 bridgehead atoms. The van der Waals surface area contributed by atoms with Gasteiger partial charge in [0.05, 0.1) is 5.92 Å². The van der Waals surface area contributed by atoms with E-state index in [2.05, 4.69) is 40.6 Å². The Kier molecular flexibility index (Phi) is 2.97. The molecule has 0 spiro atoms. The van der Waals surface area contributed by atoms with Gasteiger partial charge in [0, 0.05) is 12.1 Å². The molecule has 0 amide bonds. The highest BCUT2D eigenvalue weighted by molar-refractivity contribution is 5.94. The Morgan fingerprint density at radius 2 is 1.95 bits per heavy atom. The molecule has 2 atom stereocenters. The van der Waals surface area contributed by atoms with E-state index in [4.69, 9.17) is 4.52 Å². The summed E-state index contributed by atoms with van der Waals surface area (Å²) < 4.78 is 5.52. The summed E-state index contributed by atoms with van der Waals surface area (Å²) in [5.74, 6) is 2.28. The Morgan fingerprint density at radius 3 is 2.81 bits per heavy atom. The molecule has 1 N–H and O–H groups in total. The Bertz CT molecular complexity index is 775. The van der Waals surface area contributed by atoms with Crippen molar-refractivity contribution < 1.29 is 4.52 Å². The lowest BCUT2D eigenvalue weighted by molar-refractivity contribution is 0.340. The molecule has 1 aliphatic heterocycles. The lowest BCUT2D eigenvalue weighted by atomic mass is 9.98. The molecule has 0 saturated carbocycles. The van der Waals surface area contributed by atoms with Crippen LogP contribution >= 0.6 is 0 Å². The number of rotatable bonds is 2. The van der Waals surface area contributed by atoms with Crippen LogP contribution in [0.2, 0.25) is 0 Å². The molecule has 0 unspecified atom stereocenters. The van der Waals surface area contributed by atoms with Crippen LogP contribution in [0.25, 0.3) is 22.2 Å². The second kappa shape index (κ2) is 4.97. The molecular formula is C17H17N3O. The van der Waals surface area contributed by atoms with Gasteiger partial charge in [0.1, 0.15) is 0 Å². The van der Waals surface area contributed by atoms with Crippen LogP contribution in [-0.2, 0) is 0 Å². The van der Waals surface area contributed by atoms with E-state index >= 15 is 0 Å². The Morgan fingerprint density at radius 1 is 1.10 bits per heavy atom. The standard InChI is InChI=1S/C17H17N3O/c1-11-9-18-10-15(11)17-19-16(20-21-17)14-8-4-6-12-5-2-3-7-13(12)14/h2-8,11,15,18H,9-10H2,1H3/t11-,15-/m1/s1. The van der Waals surface area contributed by atoms with Crippen LogP contribution in [-0.4, -0.2) is 23.2 Å². The minimum atomic E-state index is 0.321. The fourth-order valence-corrected chi connectivity index (χ4v) is 3.06. The first kappa shape index (κ1) is 12.5. The molecule has 1 fully saturated rings. The van der Waals surface area contributed by atoms with Gasteiger partial charge in [0.15, 0.2) is 0 Å². The first-order valence-electron chi connectivity index (χ1n) is 7.35. The van der Waals surface area contributed by atoms with Crippen LogP contribution in [0, 0.1) is 5.92 Å². The number of benzene rings is 2. The third-order valence-corrected chi connectivity index (χ3v) is 4.31. The Hall–Kier alpha value is -2.20. The average Bonchev–Trinajstić information content (AvgIpc) is 3.15. The van der Waals surface area contributed by atoms with E-state index in [1.807, 2.05) is 24.3 Å². The molecule has 0 aliphatic carbocycles. The summed E-state index contributed by atoms with van der Waals surface area (Å²) >= 11 is 0. The van der Waals surface area contributed by atoms with Crippen LogP contribution in [0.1, 0.15) is 18.7 Å². The predicted octanol–water partition coefficient (Wildman–Crippen LogP) is 3.21. The maximum Gasteiger partial charge on any atom is 0.231 e. The second-order valence-corrected chi connectivity index (χ2v) is 5.72. The van der Waals surface area contributed by atoms with Gasteiger partial charge in [-0.2, -0.15) is 4.98 Å².